The zero-order valence-electron chi connectivity index (χ0n) is 16.3. The van der Waals surface area contributed by atoms with Gasteiger partial charge in [0.2, 0.25) is 5.91 Å². The van der Waals surface area contributed by atoms with Gasteiger partial charge in [0, 0.05) is 22.7 Å². The van der Waals surface area contributed by atoms with Crippen molar-refractivity contribution in [2.45, 2.75) is 43.5 Å². The highest BCUT2D eigenvalue weighted by Gasteiger charge is 2.37. The number of methoxy groups -OCH3 is 1. The second-order valence-corrected chi connectivity index (χ2v) is 9.75. The molecule has 0 radical (unpaired) electrons. The molecule has 154 valence electrons. The molecule has 0 aromatic heterocycles. The fourth-order valence-electron chi connectivity index (χ4n) is 3.93. The van der Waals surface area contributed by atoms with Crippen LogP contribution in [-0.4, -0.2) is 27.5 Å². The van der Waals surface area contributed by atoms with Gasteiger partial charge in [0.1, 0.15) is 5.75 Å². The van der Waals surface area contributed by atoms with E-state index in [0.717, 1.165) is 30.5 Å². The minimum Gasteiger partial charge on any atom is -0.495 e. The first-order valence-electron chi connectivity index (χ1n) is 9.62. The van der Waals surface area contributed by atoms with Crippen molar-refractivity contribution in [3.8, 4) is 5.75 Å². The minimum absolute atomic E-state index is 0.0250. The monoisotopic (exact) mass is 434 g/mol. The number of hydrogen-bond acceptors (Lipinski definition) is 4. The summed E-state index contributed by atoms with van der Waals surface area (Å²) in [7, 11) is -2.38. The molecular weight excluding hydrogens is 412 g/mol. The zero-order chi connectivity index (χ0) is 20.8. The Morgan fingerprint density at radius 2 is 1.97 bits per heavy atom. The normalized spacial score (nSPS) is 18.9. The van der Waals surface area contributed by atoms with Crippen molar-refractivity contribution >= 4 is 38.9 Å². The number of benzene rings is 2. The lowest BCUT2D eigenvalue weighted by molar-refractivity contribution is -0.125. The number of carbonyl (C=O) groups excluding carboxylic acids is 1. The number of amides is 1. The summed E-state index contributed by atoms with van der Waals surface area (Å²) in [5.41, 5.74) is 1.95. The number of nitrogens with one attached hydrogen (secondary N) is 1. The topological polar surface area (TPSA) is 75.7 Å². The SMILES string of the molecule is COc1ccc(Cl)cc1NS(=O)(=O)c1ccc2c(c1)CC(C)N2C(=O)C1CCC1. The quantitative estimate of drug-likeness (QED) is 0.764. The second-order valence-electron chi connectivity index (χ2n) is 7.63. The van der Waals surface area contributed by atoms with Crippen LogP contribution in [0.3, 0.4) is 0 Å². The van der Waals surface area contributed by atoms with Crippen molar-refractivity contribution in [1.82, 2.24) is 0 Å². The Morgan fingerprint density at radius 1 is 1.21 bits per heavy atom. The Labute approximate surface area is 175 Å². The van der Waals surface area contributed by atoms with Gasteiger partial charge in [0.15, 0.2) is 0 Å². The second kappa shape index (κ2) is 7.54. The number of ether oxygens (including phenoxy) is 1. The summed E-state index contributed by atoms with van der Waals surface area (Å²) in [6, 6.07) is 9.69. The smallest absolute Gasteiger partial charge is 0.262 e. The van der Waals surface area contributed by atoms with Crippen molar-refractivity contribution < 1.29 is 17.9 Å². The Morgan fingerprint density at radius 3 is 2.62 bits per heavy atom. The first kappa shape index (κ1) is 20.0. The van der Waals surface area contributed by atoms with Gasteiger partial charge < -0.3 is 9.64 Å². The standard InChI is InChI=1S/C21H23ClN2O4S/c1-13-10-15-11-17(7-8-19(15)24(13)21(25)14-4-3-5-14)29(26,27)23-18-12-16(22)6-9-20(18)28-2/h6-9,11-14,23H,3-5,10H2,1-2H3. The largest absolute Gasteiger partial charge is 0.495 e. The van der Waals surface area contributed by atoms with Gasteiger partial charge in [-0.15, -0.1) is 0 Å². The van der Waals surface area contributed by atoms with E-state index in [-0.39, 0.29) is 28.4 Å². The maximum Gasteiger partial charge on any atom is 0.262 e. The third kappa shape index (κ3) is 3.69. The molecule has 6 nitrogen and oxygen atoms in total. The zero-order valence-corrected chi connectivity index (χ0v) is 17.9. The molecule has 1 amide bonds. The average molecular weight is 435 g/mol. The third-order valence-electron chi connectivity index (χ3n) is 5.67. The molecule has 1 N–H and O–H groups in total. The first-order chi connectivity index (χ1) is 13.8. The summed E-state index contributed by atoms with van der Waals surface area (Å²) < 4.78 is 33.7. The van der Waals surface area contributed by atoms with E-state index in [1.807, 2.05) is 11.8 Å². The van der Waals surface area contributed by atoms with Crippen LogP contribution in [0, 0.1) is 5.92 Å². The molecule has 1 unspecified atom stereocenters. The van der Waals surface area contributed by atoms with Crippen molar-refractivity contribution in [2.24, 2.45) is 5.92 Å². The average Bonchev–Trinajstić information content (AvgIpc) is 2.95. The van der Waals surface area contributed by atoms with Crippen LogP contribution in [0.15, 0.2) is 41.3 Å². The van der Waals surface area contributed by atoms with E-state index in [9.17, 15) is 13.2 Å². The Balaban J connectivity index is 1.63. The molecule has 2 aromatic carbocycles. The first-order valence-corrected chi connectivity index (χ1v) is 11.5. The molecule has 1 fully saturated rings. The molecule has 1 saturated carbocycles. The van der Waals surface area contributed by atoms with Gasteiger partial charge in [0.05, 0.1) is 17.7 Å². The molecule has 4 rings (SSSR count). The number of fused-ring (bicyclic) bond motifs is 1. The molecule has 1 atom stereocenters. The fraction of sp³-hybridized carbons (Fsp3) is 0.381. The van der Waals surface area contributed by atoms with Crippen molar-refractivity contribution in [1.29, 1.82) is 0 Å². The van der Waals surface area contributed by atoms with E-state index in [1.54, 1.807) is 24.3 Å². The van der Waals surface area contributed by atoms with E-state index < -0.39 is 10.0 Å². The van der Waals surface area contributed by atoms with Gasteiger partial charge in [-0.3, -0.25) is 9.52 Å². The van der Waals surface area contributed by atoms with Crippen LogP contribution < -0.4 is 14.4 Å². The van der Waals surface area contributed by atoms with E-state index in [1.165, 1.54) is 19.2 Å². The van der Waals surface area contributed by atoms with Crippen molar-refractivity contribution in [2.75, 3.05) is 16.7 Å². The Bertz CT molecular complexity index is 1070. The van der Waals surface area contributed by atoms with Crippen LogP contribution in [-0.2, 0) is 21.2 Å². The molecule has 1 heterocycles. The summed E-state index contributed by atoms with van der Waals surface area (Å²) in [6.07, 6.45) is 3.61. The predicted molar refractivity (Wildman–Crippen MR) is 113 cm³/mol. The van der Waals surface area contributed by atoms with E-state index >= 15 is 0 Å². The van der Waals surface area contributed by atoms with E-state index in [2.05, 4.69) is 4.72 Å². The molecule has 2 aliphatic rings. The predicted octanol–water partition coefficient (Wildman–Crippen LogP) is 4.23. The van der Waals surface area contributed by atoms with Crippen LogP contribution in [0.1, 0.15) is 31.7 Å². The van der Waals surface area contributed by atoms with Crippen LogP contribution in [0.2, 0.25) is 5.02 Å². The number of anilines is 2. The molecule has 0 spiro atoms. The molecule has 0 saturated heterocycles. The number of carbonyl (C=O) groups is 1. The molecule has 1 aliphatic heterocycles. The Kier molecular flexibility index (Phi) is 5.21. The highest BCUT2D eigenvalue weighted by atomic mass is 35.5. The number of hydrogen-bond donors (Lipinski definition) is 1. The lowest BCUT2D eigenvalue weighted by atomic mass is 9.84. The number of sulfonamides is 1. The number of halogens is 1. The summed E-state index contributed by atoms with van der Waals surface area (Å²) in [5.74, 6) is 0.633. The summed E-state index contributed by atoms with van der Waals surface area (Å²) in [6.45, 7) is 2.00. The van der Waals surface area contributed by atoms with Gasteiger partial charge in [0.25, 0.3) is 10.0 Å². The molecule has 29 heavy (non-hydrogen) atoms. The molecule has 8 heteroatoms. The lowest BCUT2D eigenvalue weighted by Gasteiger charge is -2.32. The van der Waals surface area contributed by atoms with E-state index in [0.29, 0.717) is 17.2 Å². The van der Waals surface area contributed by atoms with Crippen LogP contribution >= 0.6 is 11.6 Å². The lowest BCUT2D eigenvalue weighted by Crippen LogP contribution is -2.42. The van der Waals surface area contributed by atoms with Gasteiger partial charge in [-0.05, 0) is 68.1 Å². The van der Waals surface area contributed by atoms with Gasteiger partial charge in [-0.2, -0.15) is 0 Å². The van der Waals surface area contributed by atoms with Crippen LogP contribution in [0.5, 0.6) is 5.75 Å². The fourth-order valence-corrected chi connectivity index (χ4v) is 5.21. The van der Waals surface area contributed by atoms with E-state index in [4.69, 9.17) is 16.3 Å². The molecule has 0 bridgehead atoms. The summed E-state index contributed by atoms with van der Waals surface area (Å²) >= 11 is 6.00. The molecular formula is C21H23ClN2O4S. The number of rotatable bonds is 5. The maximum atomic E-state index is 13.0. The highest BCUT2D eigenvalue weighted by molar-refractivity contribution is 7.92. The minimum atomic E-state index is -3.84. The third-order valence-corrected chi connectivity index (χ3v) is 7.27. The summed E-state index contributed by atoms with van der Waals surface area (Å²) in [5, 5.41) is 0.399. The molecule has 1 aliphatic carbocycles. The molecule has 2 aromatic rings. The highest BCUT2D eigenvalue weighted by Crippen LogP contribution is 2.38. The van der Waals surface area contributed by atoms with Gasteiger partial charge in [-0.1, -0.05) is 18.0 Å². The van der Waals surface area contributed by atoms with Gasteiger partial charge in [-0.25, -0.2) is 8.42 Å². The van der Waals surface area contributed by atoms with Gasteiger partial charge >= 0.3 is 0 Å². The van der Waals surface area contributed by atoms with Crippen molar-refractivity contribution in [3.05, 3.63) is 47.0 Å². The Hall–Kier alpha value is -2.25. The number of nitrogens with zero attached hydrogens (tertiary/aromatic N) is 1. The van der Waals surface area contributed by atoms with Crippen LogP contribution in [0.25, 0.3) is 0 Å². The summed E-state index contributed by atoms with van der Waals surface area (Å²) in [4.78, 5) is 14.8. The van der Waals surface area contributed by atoms with Crippen LogP contribution in [0.4, 0.5) is 11.4 Å². The maximum absolute atomic E-state index is 13.0. The van der Waals surface area contributed by atoms with Crippen molar-refractivity contribution in [3.63, 3.8) is 0 Å².